The van der Waals surface area contributed by atoms with Crippen LogP contribution in [0, 0.1) is 0 Å². The second-order valence-electron chi connectivity index (χ2n) is 4.31. The van der Waals surface area contributed by atoms with Gasteiger partial charge in [-0.3, -0.25) is 4.79 Å². The quantitative estimate of drug-likeness (QED) is 0.756. The molecule has 3 rings (SSSR count). The molecule has 1 saturated carbocycles. The molecule has 0 saturated heterocycles. The number of aromatic nitrogens is 2. The van der Waals surface area contributed by atoms with Gasteiger partial charge in [0.05, 0.1) is 0 Å². The minimum atomic E-state index is 0.0646. The summed E-state index contributed by atoms with van der Waals surface area (Å²) in [6.45, 7) is 0. The smallest absolute Gasteiger partial charge is 0.183 e. The summed E-state index contributed by atoms with van der Waals surface area (Å²) in [5.41, 5.74) is 2.29. The van der Waals surface area contributed by atoms with Crippen molar-refractivity contribution in [1.82, 2.24) is 9.38 Å². The number of hydrogen-bond acceptors (Lipinski definition) is 1. The van der Waals surface area contributed by atoms with E-state index in [1.807, 2.05) is 12.4 Å². The van der Waals surface area contributed by atoms with Crippen molar-refractivity contribution in [3.8, 4) is 0 Å². The first-order chi connectivity index (χ1) is 7.34. The topological polar surface area (TPSA) is 37.3 Å². The second kappa shape index (κ2) is 3.26. The van der Waals surface area contributed by atoms with Gasteiger partial charge in [0.25, 0.3) is 0 Å². The normalized spacial score (nSPS) is 17.6. The summed E-state index contributed by atoms with van der Waals surface area (Å²) in [4.78, 5) is 14.3. The molecule has 3 heteroatoms. The van der Waals surface area contributed by atoms with Crippen LogP contribution in [0.2, 0.25) is 0 Å². The Balaban J connectivity index is 2.15. The molecule has 0 aliphatic heterocycles. The van der Waals surface area contributed by atoms with Gasteiger partial charge in [0, 0.05) is 36.1 Å². The molecule has 1 fully saturated rings. The van der Waals surface area contributed by atoms with E-state index in [1.165, 1.54) is 31.4 Å². The maximum Gasteiger partial charge on any atom is 0.183 e. The van der Waals surface area contributed by atoms with Crippen LogP contribution in [0.1, 0.15) is 37.3 Å². The molecular formula is C12H14N2O. The van der Waals surface area contributed by atoms with E-state index in [1.54, 1.807) is 12.1 Å². The van der Waals surface area contributed by atoms with E-state index in [-0.39, 0.29) is 5.43 Å². The van der Waals surface area contributed by atoms with E-state index in [4.69, 9.17) is 0 Å². The summed E-state index contributed by atoms with van der Waals surface area (Å²) >= 11 is 0. The molecule has 3 nitrogen and oxygen atoms in total. The Hall–Kier alpha value is -1.51. The SMILES string of the molecule is O=c1ccn2c(C3CCCC3)c[nH]c2c1. The molecule has 0 bridgehead atoms. The molecule has 0 unspecified atom stereocenters. The third-order valence-corrected chi connectivity index (χ3v) is 3.35. The monoisotopic (exact) mass is 202 g/mol. The van der Waals surface area contributed by atoms with Gasteiger partial charge in [-0.05, 0) is 12.8 Å². The largest absolute Gasteiger partial charge is 0.346 e. The Morgan fingerprint density at radius 3 is 2.93 bits per heavy atom. The zero-order valence-corrected chi connectivity index (χ0v) is 8.57. The summed E-state index contributed by atoms with van der Waals surface area (Å²) in [5, 5.41) is 0. The molecular weight excluding hydrogens is 188 g/mol. The Labute approximate surface area is 87.7 Å². The molecule has 0 radical (unpaired) electrons. The number of pyridine rings is 1. The van der Waals surface area contributed by atoms with Crippen molar-refractivity contribution in [2.24, 2.45) is 0 Å². The van der Waals surface area contributed by atoms with Crippen molar-refractivity contribution in [2.45, 2.75) is 31.6 Å². The third-order valence-electron chi connectivity index (χ3n) is 3.35. The van der Waals surface area contributed by atoms with Crippen LogP contribution >= 0.6 is 0 Å². The van der Waals surface area contributed by atoms with Crippen molar-refractivity contribution < 1.29 is 0 Å². The number of rotatable bonds is 1. The molecule has 0 amide bonds. The molecule has 1 N–H and O–H groups in total. The number of hydrogen-bond donors (Lipinski definition) is 1. The van der Waals surface area contributed by atoms with Crippen LogP contribution in [-0.2, 0) is 0 Å². The van der Waals surface area contributed by atoms with Gasteiger partial charge in [0.15, 0.2) is 5.43 Å². The van der Waals surface area contributed by atoms with E-state index < -0.39 is 0 Å². The summed E-state index contributed by atoms with van der Waals surface area (Å²) < 4.78 is 2.11. The lowest BCUT2D eigenvalue weighted by Crippen LogP contribution is -2.02. The summed E-state index contributed by atoms with van der Waals surface area (Å²) in [5.74, 6) is 0.668. The highest BCUT2D eigenvalue weighted by atomic mass is 16.1. The Kier molecular flexibility index (Phi) is 1.91. The lowest BCUT2D eigenvalue weighted by Gasteiger charge is -2.07. The van der Waals surface area contributed by atoms with E-state index >= 15 is 0 Å². The Morgan fingerprint density at radius 2 is 2.13 bits per heavy atom. The van der Waals surface area contributed by atoms with Crippen LogP contribution in [0.3, 0.4) is 0 Å². The summed E-state index contributed by atoms with van der Waals surface area (Å²) in [6.07, 6.45) is 9.14. The second-order valence-corrected chi connectivity index (χ2v) is 4.31. The van der Waals surface area contributed by atoms with Crippen LogP contribution in [0.4, 0.5) is 0 Å². The highest BCUT2D eigenvalue weighted by molar-refractivity contribution is 5.40. The first-order valence-corrected chi connectivity index (χ1v) is 5.54. The summed E-state index contributed by atoms with van der Waals surface area (Å²) in [7, 11) is 0. The van der Waals surface area contributed by atoms with Gasteiger partial charge >= 0.3 is 0 Å². The molecule has 78 valence electrons. The lowest BCUT2D eigenvalue weighted by atomic mass is 10.1. The van der Waals surface area contributed by atoms with Crippen LogP contribution in [0.5, 0.6) is 0 Å². The fourth-order valence-electron chi connectivity index (χ4n) is 2.57. The van der Waals surface area contributed by atoms with Gasteiger partial charge in [0.1, 0.15) is 5.65 Å². The summed E-state index contributed by atoms with van der Waals surface area (Å²) in [6, 6.07) is 3.28. The maximum absolute atomic E-state index is 11.2. The maximum atomic E-state index is 11.2. The first kappa shape index (κ1) is 8.77. The van der Waals surface area contributed by atoms with Gasteiger partial charge < -0.3 is 9.38 Å². The molecule has 0 spiro atoms. The molecule has 0 atom stereocenters. The molecule has 1 aliphatic rings. The average molecular weight is 202 g/mol. The Morgan fingerprint density at radius 1 is 1.33 bits per heavy atom. The number of nitrogens with one attached hydrogen (secondary N) is 1. The third kappa shape index (κ3) is 1.39. The van der Waals surface area contributed by atoms with Crippen LogP contribution in [0.15, 0.2) is 29.3 Å². The standard InChI is InChI=1S/C12H14N2O/c15-10-5-6-14-11(8-13-12(14)7-10)9-3-1-2-4-9/h5-9,13H,1-4H2. The van der Waals surface area contributed by atoms with Crippen molar-refractivity contribution in [3.63, 3.8) is 0 Å². The highest BCUT2D eigenvalue weighted by Gasteiger charge is 2.19. The minimum absolute atomic E-state index is 0.0646. The zero-order chi connectivity index (χ0) is 10.3. The van der Waals surface area contributed by atoms with Crippen molar-refractivity contribution in [3.05, 3.63) is 40.4 Å². The van der Waals surface area contributed by atoms with Crippen LogP contribution < -0.4 is 5.43 Å². The lowest BCUT2D eigenvalue weighted by molar-refractivity contribution is 0.690. The molecule has 0 aromatic carbocycles. The Bertz CT molecular complexity index is 532. The van der Waals surface area contributed by atoms with E-state index in [2.05, 4.69) is 9.38 Å². The van der Waals surface area contributed by atoms with Crippen molar-refractivity contribution in [2.75, 3.05) is 0 Å². The van der Waals surface area contributed by atoms with E-state index in [0.29, 0.717) is 5.92 Å². The van der Waals surface area contributed by atoms with Gasteiger partial charge in [-0.1, -0.05) is 12.8 Å². The number of imidazole rings is 1. The molecule has 2 aromatic heterocycles. The first-order valence-electron chi connectivity index (χ1n) is 5.54. The van der Waals surface area contributed by atoms with E-state index in [0.717, 1.165) is 5.65 Å². The number of H-pyrrole nitrogens is 1. The highest BCUT2D eigenvalue weighted by Crippen LogP contribution is 2.33. The fourth-order valence-corrected chi connectivity index (χ4v) is 2.57. The predicted octanol–water partition coefficient (Wildman–Crippen LogP) is 2.29. The van der Waals surface area contributed by atoms with Gasteiger partial charge in [-0.2, -0.15) is 0 Å². The molecule has 15 heavy (non-hydrogen) atoms. The van der Waals surface area contributed by atoms with Crippen molar-refractivity contribution in [1.29, 1.82) is 0 Å². The number of aromatic amines is 1. The molecule has 2 aromatic rings. The van der Waals surface area contributed by atoms with Gasteiger partial charge in [-0.15, -0.1) is 0 Å². The number of nitrogens with zero attached hydrogens (tertiary/aromatic N) is 1. The van der Waals surface area contributed by atoms with Crippen molar-refractivity contribution >= 4 is 5.65 Å². The molecule has 1 aliphatic carbocycles. The minimum Gasteiger partial charge on any atom is -0.346 e. The average Bonchev–Trinajstić information content (AvgIpc) is 2.82. The predicted molar refractivity (Wildman–Crippen MR) is 59.2 cm³/mol. The van der Waals surface area contributed by atoms with Crippen LogP contribution in [0.25, 0.3) is 5.65 Å². The van der Waals surface area contributed by atoms with Gasteiger partial charge in [0.2, 0.25) is 0 Å². The van der Waals surface area contributed by atoms with E-state index in [9.17, 15) is 4.79 Å². The number of fused-ring (bicyclic) bond motifs is 1. The van der Waals surface area contributed by atoms with Crippen LogP contribution in [-0.4, -0.2) is 9.38 Å². The van der Waals surface area contributed by atoms with Gasteiger partial charge in [-0.25, -0.2) is 0 Å². The fraction of sp³-hybridized carbons (Fsp3) is 0.417. The zero-order valence-electron chi connectivity index (χ0n) is 8.57. The molecule has 2 heterocycles.